The first-order chi connectivity index (χ1) is 14.6. The molecule has 0 saturated carbocycles. The monoisotopic (exact) mass is 436 g/mol. The lowest BCUT2D eigenvalue weighted by molar-refractivity contribution is 0.103. The van der Waals surface area contributed by atoms with Crippen molar-refractivity contribution in [3.8, 4) is 0 Å². The number of carbonyl (C=O) groups is 1. The van der Waals surface area contributed by atoms with Crippen molar-refractivity contribution in [3.63, 3.8) is 0 Å². The summed E-state index contributed by atoms with van der Waals surface area (Å²) in [4.78, 5) is 22.9. The molecule has 0 bridgehead atoms. The van der Waals surface area contributed by atoms with Gasteiger partial charge in [0.1, 0.15) is 5.15 Å². The summed E-state index contributed by atoms with van der Waals surface area (Å²) >= 11 is 7.86. The second-order valence-corrected chi connectivity index (χ2v) is 8.95. The Morgan fingerprint density at radius 3 is 2.60 bits per heavy atom. The van der Waals surface area contributed by atoms with Gasteiger partial charge in [0.2, 0.25) is 0 Å². The second kappa shape index (κ2) is 7.87. The van der Waals surface area contributed by atoms with E-state index in [1.807, 2.05) is 48.5 Å². The number of hydrogen-bond acceptors (Lipinski definition) is 5. The summed E-state index contributed by atoms with van der Waals surface area (Å²) in [5.74, 6) is -0.127. The fraction of sp³-hybridized carbons (Fsp3) is 0.217. The number of thiophene rings is 1. The number of nitrogens with one attached hydrogen (secondary N) is 1. The summed E-state index contributed by atoms with van der Waals surface area (Å²) in [6, 6.07) is 17.7. The van der Waals surface area contributed by atoms with Crippen LogP contribution in [-0.4, -0.2) is 49.0 Å². The van der Waals surface area contributed by atoms with E-state index in [-0.39, 0.29) is 5.91 Å². The molecule has 1 aliphatic rings. The quantitative estimate of drug-likeness (QED) is 0.453. The number of rotatable bonds is 3. The molecule has 30 heavy (non-hydrogen) atoms. The second-order valence-electron chi connectivity index (χ2n) is 7.53. The zero-order valence-corrected chi connectivity index (χ0v) is 18.1. The summed E-state index contributed by atoms with van der Waals surface area (Å²) in [7, 11) is 2.14. The highest BCUT2D eigenvalue weighted by molar-refractivity contribution is 7.22. The number of aromatic nitrogens is 1. The minimum atomic E-state index is -0.127. The molecule has 0 unspecified atom stereocenters. The van der Waals surface area contributed by atoms with Crippen molar-refractivity contribution in [3.05, 3.63) is 64.6 Å². The molecule has 0 aliphatic carbocycles. The normalized spacial score (nSPS) is 15.1. The number of amides is 1. The van der Waals surface area contributed by atoms with Crippen LogP contribution in [-0.2, 0) is 0 Å². The van der Waals surface area contributed by atoms with Gasteiger partial charge in [-0.3, -0.25) is 4.79 Å². The number of likely N-dealkylation sites (N-methyl/N-ethyl adjacent to an activating group) is 1. The molecule has 1 amide bonds. The van der Waals surface area contributed by atoms with Gasteiger partial charge in [-0.2, -0.15) is 0 Å². The third-order valence-corrected chi connectivity index (χ3v) is 7.00. The van der Waals surface area contributed by atoms with E-state index in [4.69, 9.17) is 11.6 Å². The fourth-order valence-corrected chi connectivity index (χ4v) is 5.26. The molecule has 5 nitrogen and oxygen atoms in total. The molecule has 1 fully saturated rings. The van der Waals surface area contributed by atoms with Crippen LogP contribution in [0.3, 0.4) is 0 Å². The lowest BCUT2D eigenvalue weighted by Gasteiger charge is -2.35. The molecule has 1 saturated heterocycles. The molecule has 0 spiro atoms. The van der Waals surface area contributed by atoms with Crippen LogP contribution >= 0.6 is 22.9 Å². The third-order valence-electron chi connectivity index (χ3n) is 5.54. The van der Waals surface area contributed by atoms with Gasteiger partial charge < -0.3 is 15.1 Å². The van der Waals surface area contributed by atoms with Gasteiger partial charge in [0.05, 0.1) is 21.8 Å². The minimum absolute atomic E-state index is 0.127. The molecule has 5 rings (SSSR count). The third kappa shape index (κ3) is 3.51. The largest absolute Gasteiger partial charge is 0.367 e. The average molecular weight is 437 g/mol. The van der Waals surface area contributed by atoms with Crippen LogP contribution in [0.25, 0.3) is 21.0 Å². The van der Waals surface area contributed by atoms with Gasteiger partial charge in [0.15, 0.2) is 0 Å². The molecule has 2 aromatic heterocycles. The number of hydrogen-bond donors (Lipinski definition) is 1. The molecule has 2 aromatic carbocycles. The molecule has 0 atom stereocenters. The van der Waals surface area contributed by atoms with E-state index in [9.17, 15) is 4.79 Å². The number of fused-ring (bicyclic) bond motifs is 3. The van der Waals surface area contributed by atoms with Crippen LogP contribution in [0.2, 0.25) is 5.15 Å². The molecule has 3 heterocycles. The maximum Gasteiger partial charge on any atom is 0.265 e. The average Bonchev–Trinajstić information content (AvgIpc) is 3.22. The summed E-state index contributed by atoms with van der Waals surface area (Å²) in [5.41, 5.74) is 2.73. The summed E-state index contributed by atoms with van der Waals surface area (Å²) in [6.07, 6.45) is 0. The van der Waals surface area contributed by atoms with Gasteiger partial charge in [-0.05, 0) is 31.3 Å². The Kier molecular flexibility index (Phi) is 5.06. The summed E-state index contributed by atoms with van der Waals surface area (Å²) in [6.45, 7) is 3.91. The predicted octanol–water partition coefficient (Wildman–Crippen LogP) is 5.11. The van der Waals surface area contributed by atoms with Crippen molar-refractivity contribution in [2.45, 2.75) is 0 Å². The maximum atomic E-state index is 13.1. The molecule has 7 heteroatoms. The Morgan fingerprint density at radius 2 is 1.77 bits per heavy atom. The Hall–Kier alpha value is -2.67. The van der Waals surface area contributed by atoms with Crippen molar-refractivity contribution in [1.29, 1.82) is 0 Å². The minimum Gasteiger partial charge on any atom is -0.367 e. The van der Waals surface area contributed by atoms with Crippen LogP contribution in [0.15, 0.2) is 54.6 Å². The van der Waals surface area contributed by atoms with E-state index in [0.29, 0.717) is 10.0 Å². The number of anilines is 2. The first kappa shape index (κ1) is 19.3. The first-order valence-corrected chi connectivity index (χ1v) is 11.1. The highest BCUT2D eigenvalue weighted by atomic mass is 35.5. The molecule has 0 radical (unpaired) electrons. The standard InChI is InChI=1S/C23H21ClN4OS/c1-27-10-12-28(13-11-27)19-9-5-4-8-18(19)26-23(29)20-14-16-21(30-20)15-6-2-3-7-17(15)25-22(16)24/h2-9,14H,10-13H2,1H3,(H,26,29). The van der Waals surface area contributed by atoms with E-state index in [0.717, 1.165) is 58.5 Å². The number of benzene rings is 2. The van der Waals surface area contributed by atoms with E-state index in [2.05, 4.69) is 33.2 Å². The van der Waals surface area contributed by atoms with Crippen LogP contribution in [0, 0.1) is 0 Å². The first-order valence-electron chi connectivity index (χ1n) is 9.92. The SMILES string of the molecule is CN1CCN(c2ccccc2NC(=O)c2cc3c(Cl)nc4ccccc4c3s2)CC1. The number of piperazine rings is 1. The maximum absolute atomic E-state index is 13.1. The van der Waals surface area contributed by atoms with E-state index in [1.54, 1.807) is 0 Å². The molecule has 1 N–H and O–H groups in total. The van der Waals surface area contributed by atoms with Crippen molar-refractivity contribution >= 4 is 61.2 Å². The Morgan fingerprint density at radius 1 is 1.03 bits per heavy atom. The van der Waals surface area contributed by atoms with E-state index < -0.39 is 0 Å². The van der Waals surface area contributed by atoms with E-state index in [1.165, 1.54) is 11.3 Å². The van der Waals surface area contributed by atoms with Crippen LogP contribution in [0.5, 0.6) is 0 Å². The zero-order chi connectivity index (χ0) is 20.7. The number of carbonyl (C=O) groups excluding carboxylic acids is 1. The highest BCUT2D eigenvalue weighted by Gasteiger charge is 2.20. The summed E-state index contributed by atoms with van der Waals surface area (Å²) < 4.78 is 0.989. The number of halogens is 1. The van der Waals surface area contributed by atoms with Gasteiger partial charge >= 0.3 is 0 Å². The summed E-state index contributed by atoms with van der Waals surface area (Å²) in [5, 5.41) is 5.37. The molecule has 152 valence electrons. The number of nitrogens with zero attached hydrogens (tertiary/aromatic N) is 3. The molecular formula is C23H21ClN4OS. The zero-order valence-electron chi connectivity index (χ0n) is 16.6. The Labute approximate surface area is 183 Å². The fourth-order valence-electron chi connectivity index (χ4n) is 3.87. The van der Waals surface area contributed by atoms with Gasteiger partial charge in [0, 0.05) is 41.7 Å². The van der Waals surface area contributed by atoms with Crippen LogP contribution < -0.4 is 10.2 Å². The predicted molar refractivity (Wildman–Crippen MR) is 126 cm³/mol. The van der Waals surface area contributed by atoms with Gasteiger partial charge in [-0.25, -0.2) is 4.98 Å². The smallest absolute Gasteiger partial charge is 0.265 e. The molecular weight excluding hydrogens is 416 g/mol. The molecule has 4 aromatic rings. The van der Waals surface area contributed by atoms with Crippen molar-refractivity contribution in [2.75, 3.05) is 43.4 Å². The van der Waals surface area contributed by atoms with Crippen molar-refractivity contribution in [2.24, 2.45) is 0 Å². The highest BCUT2D eigenvalue weighted by Crippen LogP contribution is 2.36. The van der Waals surface area contributed by atoms with E-state index >= 15 is 0 Å². The molecule has 1 aliphatic heterocycles. The van der Waals surface area contributed by atoms with Crippen LogP contribution in [0.4, 0.5) is 11.4 Å². The Balaban J connectivity index is 1.47. The lowest BCUT2D eigenvalue weighted by Crippen LogP contribution is -2.44. The van der Waals surface area contributed by atoms with Gasteiger partial charge in [-0.15, -0.1) is 11.3 Å². The topological polar surface area (TPSA) is 48.5 Å². The van der Waals surface area contributed by atoms with Gasteiger partial charge in [0.25, 0.3) is 5.91 Å². The van der Waals surface area contributed by atoms with Gasteiger partial charge in [-0.1, -0.05) is 41.9 Å². The van der Waals surface area contributed by atoms with Crippen molar-refractivity contribution < 1.29 is 4.79 Å². The Bertz CT molecular complexity index is 1250. The number of para-hydroxylation sites is 3. The number of pyridine rings is 1. The lowest BCUT2D eigenvalue weighted by atomic mass is 10.2. The van der Waals surface area contributed by atoms with Crippen LogP contribution in [0.1, 0.15) is 9.67 Å². The van der Waals surface area contributed by atoms with Crippen molar-refractivity contribution in [1.82, 2.24) is 9.88 Å².